The molecule has 1 heterocycles. The second-order valence-electron chi connectivity index (χ2n) is 3.89. The van der Waals surface area contributed by atoms with Crippen LogP contribution in [0, 0.1) is 28.6 Å². The Kier molecular flexibility index (Phi) is 7.06. The van der Waals surface area contributed by atoms with Crippen molar-refractivity contribution in [2.24, 2.45) is 5.92 Å². The summed E-state index contributed by atoms with van der Waals surface area (Å²) in [4.78, 5) is 12.8. The predicted molar refractivity (Wildman–Crippen MR) is 80.7 cm³/mol. The highest BCUT2D eigenvalue weighted by Gasteiger charge is 2.18. The fraction of sp³-hybridized carbons (Fsp3) is 0.462. The molecule has 5 nitrogen and oxygen atoms in total. The number of carboxylic acids is 1. The first-order valence-electron chi connectivity index (χ1n) is 6.09. The summed E-state index contributed by atoms with van der Waals surface area (Å²) in [6.45, 7) is 2.45. The summed E-state index contributed by atoms with van der Waals surface area (Å²) in [6.07, 6.45) is 2.40. The van der Waals surface area contributed by atoms with Gasteiger partial charge >= 0.3 is 5.97 Å². The van der Waals surface area contributed by atoms with E-state index in [-0.39, 0.29) is 5.70 Å². The van der Waals surface area contributed by atoms with Gasteiger partial charge in [-0.1, -0.05) is 6.92 Å². The van der Waals surface area contributed by atoms with Gasteiger partial charge in [-0.25, -0.2) is 4.79 Å². The number of nitrogens with zero attached hydrogens (tertiary/aromatic N) is 2. The summed E-state index contributed by atoms with van der Waals surface area (Å²) in [5, 5.41) is 29.4. The average molecular weight is 309 g/mol. The third-order valence-corrected chi connectivity index (χ3v) is 4.49. The topological polar surface area (TPSA) is 96.9 Å². The second kappa shape index (κ2) is 8.57. The molecule has 20 heavy (non-hydrogen) atoms. The number of dihydropyridines is 1. The molecule has 0 aromatic heterocycles. The first kappa shape index (κ1) is 16.5. The SMILES string of the molecule is CCSC1=C(C(=O)O)NCC(SCCC(C#N)C#N)=C1. The maximum absolute atomic E-state index is 11.1. The lowest BCUT2D eigenvalue weighted by atomic mass is 10.1. The highest BCUT2D eigenvalue weighted by Crippen LogP contribution is 2.29. The molecule has 1 aliphatic heterocycles. The van der Waals surface area contributed by atoms with Gasteiger partial charge in [-0.05, 0) is 18.2 Å². The third-order valence-electron chi connectivity index (χ3n) is 2.50. The molecular weight excluding hydrogens is 294 g/mol. The monoisotopic (exact) mass is 309 g/mol. The molecule has 0 radical (unpaired) electrons. The average Bonchev–Trinajstić information content (AvgIpc) is 2.44. The first-order valence-corrected chi connectivity index (χ1v) is 8.06. The number of carbonyl (C=O) groups is 1. The van der Waals surface area contributed by atoms with Crippen molar-refractivity contribution in [3.8, 4) is 12.1 Å². The fourth-order valence-corrected chi connectivity index (χ4v) is 3.45. The highest BCUT2D eigenvalue weighted by atomic mass is 32.2. The van der Waals surface area contributed by atoms with Crippen molar-refractivity contribution in [1.29, 1.82) is 10.5 Å². The Labute approximate surface area is 126 Å². The second-order valence-corrected chi connectivity index (χ2v) is 6.42. The quantitative estimate of drug-likeness (QED) is 0.744. The number of aliphatic carboxylic acids is 1. The predicted octanol–water partition coefficient (Wildman–Crippen LogP) is 2.31. The van der Waals surface area contributed by atoms with Crippen LogP contribution in [0.1, 0.15) is 13.3 Å². The smallest absolute Gasteiger partial charge is 0.353 e. The lowest BCUT2D eigenvalue weighted by Crippen LogP contribution is -2.26. The molecule has 0 atom stereocenters. The van der Waals surface area contributed by atoms with Gasteiger partial charge in [-0.15, -0.1) is 23.5 Å². The molecule has 2 N–H and O–H groups in total. The molecule has 0 unspecified atom stereocenters. The van der Waals surface area contributed by atoms with E-state index in [4.69, 9.17) is 15.6 Å². The van der Waals surface area contributed by atoms with Crippen LogP contribution in [-0.2, 0) is 4.79 Å². The van der Waals surface area contributed by atoms with Crippen LogP contribution >= 0.6 is 23.5 Å². The summed E-state index contributed by atoms with van der Waals surface area (Å²) in [6, 6.07) is 3.88. The van der Waals surface area contributed by atoms with Crippen LogP contribution in [0.15, 0.2) is 21.6 Å². The summed E-state index contributed by atoms with van der Waals surface area (Å²) < 4.78 is 0. The Bertz CT molecular complexity index is 501. The van der Waals surface area contributed by atoms with Gasteiger partial charge in [0, 0.05) is 22.1 Å². The van der Waals surface area contributed by atoms with Crippen LogP contribution in [0.5, 0.6) is 0 Å². The number of nitriles is 2. The Balaban J connectivity index is 2.65. The van der Waals surface area contributed by atoms with Crippen molar-refractivity contribution in [2.75, 3.05) is 18.1 Å². The molecule has 0 saturated carbocycles. The van der Waals surface area contributed by atoms with Crippen LogP contribution in [0.2, 0.25) is 0 Å². The number of carboxylic acid groups (broad SMARTS) is 1. The molecule has 106 valence electrons. The van der Waals surface area contributed by atoms with Gasteiger partial charge in [-0.2, -0.15) is 10.5 Å². The van der Waals surface area contributed by atoms with E-state index >= 15 is 0 Å². The summed E-state index contributed by atoms with van der Waals surface area (Å²) in [5.74, 6) is -0.0524. The van der Waals surface area contributed by atoms with Crippen molar-refractivity contribution in [3.05, 3.63) is 21.6 Å². The van der Waals surface area contributed by atoms with Crippen LogP contribution in [0.4, 0.5) is 0 Å². The van der Waals surface area contributed by atoms with Gasteiger partial charge in [0.15, 0.2) is 0 Å². The number of hydrogen-bond acceptors (Lipinski definition) is 6. The summed E-state index contributed by atoms with van der Waals surface area (Å²) in [5.41, 5.74) is 0.244. The van der Waals surface area contributed by atoms with E-state index in [0.717, 1.165) is 15.6 Å². The molecule has 0 bridgehead atoms. The molecule has 1 rings (SSSR count). The van der Waals surface area contributed by atoms with Gasteiger partial charge in [0.2, 0.25) is 0 Å². The van der Waals surface area contributed by atoms with E-state index in [2.05, 4.69) is 5.32 Å². The van der Waals surface area contributed by atoms with E-state index in [9.17, 15) is 4.79 Å². The molecule has 0 saturated heterocycles. The molecule has 1 aliphatic rings. The molecule has 0 spiro atoms. The Morgan fingerprint density at radius 1 is 1.50 bits per heavy atom. The van der Waals surface area contributed by atoms with Crippen molar-refractivity contribution in [1.82, 2.24) is 5.32 Å². The van der Waals surface area contributed by atoms with Crippen molar-refractivity contribution >= 4 is 29.5 Å². The molecular formula is C13H15N3O2S2. The Morgan fingerprint density at radius 2 is 2.20 bits per heavy atom. The number of hydrogen-bond donors (Lipinski definition) is 2. The molecule has 0 aromatic rings. The number of nitrogens with one attached hydrogen (secondary N) is 1. The molecule has 0 amide bonds. The number of rotatable bonds is 7. The van der Waals surface area contributed by atoms with Crippen LogP contribution < -0.4 is 5.32 Å². The largest absolute Gasteiger partial charge is 0.477 e. The number of thioether (sulfide) groups is 2. The zero-order valence-corrected chi connectivity index (χ0v) is 12.7. The van der Waals surface area contributed by atoms with Crippen molar-refractivity contribution in [3.63, 3.8) is 0 Å². The van der Waals surface area contributed by atoms with E-state index in [1.807, 2.05) is 25.1 Å². The van der Waals surface area contributed by atoms with E-state index < -0.39 is 11.9 Å². The minimum atomic E-state index is -0.949. The third kappa shape index (κ3) is 4.84. The standard InChI is InChI=1S/C13H15N3O2S2/c1-2-19-11-5-10(8-16-12(11)13(17)18)20-4-3-9(6-14)7-15/h5,9,16H,2-4,8H2,1H3,(H,17,18). The Hall–Kier alpha value is -1.57. The number of allylic oxidation sites excluding steroid dienone is 1. The van der Waals surface area contributed by atoms with Crippen molar-refractivity contribution < 1.29 is 9.90 Å². The van der Waals surface area contributed by atoms with Crippen LogP contribution in [0.25, 0.3) is 0 Å². The van der Waals surface area contributed by atoms with Gasteiger partial charge in [0.1, 0.15) is 11.6 Å². The minimum Gasteiger partial charge on any atom is -0.477 e. The van der Waals surface area contributed by atoms with E-state index in [1.54, 1.807) is 11.8 Å². The van der Waals surface area contributed by atoms with Crippen LogP contribution in [0.3, 0.4) is 0 Å². The normalized spacial score (nSPS) is 14.3. The van der Waals surface area contributed by atoms with Gasteiger partial charge in [0.05, 0.1) is 12.1 Å². The lowest BCUT2D eigenvalue weighted by molar-refractivity contribution is -0.133. The lowest BCUT2D eigenvalue weighted by Gasteiger charge is -2.19. The van der Waals surface area contributed by atoms with E-state index in [1.165, 1.54) is 11.8 Å². The fourth-order valence-electron chi connectivity index (χ4n) is 1.54. The zero-order valence-electron chi connectivity index (χ0n) is 11.0. The minimum absolute atomic E-state index is 0.244. The van der Waals surface area contributed by atoms with Gasteiger partial charge in [-0.3, -0.25) is 0 Å². The zero-order chi connectivity index (χ0) is 15.0. The summed E-state index contributed by atoms with van der Waals surface area (Å²) >= 11 is 3.04. The first-order chi connectivity index (χ1) is 9.62. The molecule has 7 heteroatoms. The van der Waals surface area contributed by atoms with Crippen molar-refractivity contribution in [2.45, 2.75) is 13.3 Å². The van der Waals surface area contributed by atoms with Gasteiger partial charge in [0.25, 0.3) is 0 Å². The van der Waals surface area contributed by atoms with E-state index in [0.29, 0.717) is 18.7 Å². The Morgan fingerprint density at radius 3 is 2.75 bits per heavy atom. The molecule has 0 aromatic carbocycles. The maximum atomic E-state index is 11.1. The highest BCUT2D eigenvalue weighted by molar-refractivity contribution is 8.04. The maximum Gasteiger partial charge on any atom is 0.353 e. The van der Waals surface area contributed by atoms with Gasteiger partial charge < -0.3 is 10.4 Å². The summed E-state index contributed by atoms with van der Waals surface area (Å²) in [7, 11) is 0. The van der Waals surface area contributed by atoms with Crippen LogP contribution in [-0.4, -0.2) is 29.1 Å². The molecule has 0 aliphatic carbocycles. The molecule has 0 fully saturated rings.